The fraction of sp³-hybridized carbons (Fsp3) is 0.667. The fourth-order valence-corrected chi connectivity index (χ4v) is 0.142. The van der Waals surface area contributed by atoms with Crippen molar-refractivity contribution in [1.82, 2.24) is 0 Å². The molecule has 0 aliphatic carbocycles. The van der Waals surface area contributed by atoms with Crippen molar-refractivity contribution in [2.45, 2.75) is 6.92 Å². The van der Waals surface area contributed by atoms with Crippen molar-refractivity contribution in [1.29, 1.82) is 0 Å². The molecule has 0 atom stereocenters. The van der Waals surface area contributed by atoms with E-state index in [0.717, 1.165) is 0 Å². The van der Waals surface area contributed by atoms with Gasteiger partial charge in [0.05, 0.1) is 6.61 Å². The first kappa shape index (κ1) is 9.98. The van der Waals surface area contributed by atoms with Gasteiger partial charge in [0.25, 0.3) is 0 Å². The summed E-state index contributed by atoms with van der Waals surface area (Å²) in [4.78, 5) is 9.60. The monoisotopic (exact) mass is 96.1 g/mol. The molecular weight excluding hydrogens is 89.0 g/mol. The van der Waals surface area contributed by atoms with Crippen LogP contribution in [0.4, 0.5) is 4.79 Å². The number of carbonyl (C=O) groups excluding carboxylic acids is 1. The molecule has 0 rings (SSSR count). The average Bonchev–Trinajstić information content (AvgIpc) is 1.35. The SMILES string of the molecule is CCOC(N)=O.[Li]. The Hall–Kier alpha value is -0.133. The minimum Gasteiger partial charge on any atom is -0.450 e. The van der Waals surface area contributed by atoms with Crippen LogP contribution in [0.15, 0.2) is 0 Å². The predicted molar refractivity (Wildman–Crippen MR) is 27.0 cm³/mol. The van der Waals surface area contributed by atoms with Gasteiger partial charge in [0.1, 0.15) is 0 Å². The Balaban J connectivity index is 0. The van der Waals surface area contributed by atoms with Crippen LogP contribution in [0, 0.1) is 0 Å². The second-order valence-electron chi connectivity index (χ2n) is 0.752. The molecule has 1 amide bonds. The van der Waals surface area contributed by atoms with Crippen LogP contribution < -0.4 is 5.73 Å². The van der Waals surface area contributed by atoms with Gasteiger partial charge in [-0.2, -0.15) is 0 Å². The number of nitrogens with two attached hydrogens (primary N) is 1. The summed E-state index contributed by atoms with van der Waals surface area (Å²) >= 11 is 0. The number of rotatable bonds is 1. The molecule has 0 saturated heterocycles. The first-order valence-electron chi connectivity index (χ1n) is 1.69. The van der Waals surface area contributed by atoms with Crippen LogP contribution in [0.2, 0.25) is 0 Å². The number of amides is 1. The van der Waals surface area contributed by atoms with Gasteiger partial charge >= 0.3 is 6.09 Å². The smallest absolute Gasteiger partial charge is 0.404 e. The largest absolute Gasteiger partial charge is 0.450 e. The minimum atomic E-state index is -0.711. The summed E-state index contributed by atoms with van der Waals surface area (Å²) in [5, 5.41) is 0. The van der Waals surface area contributed by atoms with Crippen molar-refractivity contribution in [3.63, 3.8) is 0 Å². The first-order valence-corrected chi connectivity index (χ1v) is 1.69. The van der Waals surface area contributed by atoms with E-state index < -0.39 is 6.09 Å². The second kappa shape index (κ2) is 5.87. The van der Waals surface area contributed by atoms with E-state index in [1.54, 1.807) is 6.92 Å². The van der Waals surface area contributed by atoms with Crippen LogP contribution in [0.25, 0.3) is 0 Å². The Morgan fingerprint density at radius 3 is 2.29 bits per heavy atom. The molecule has 0 unspecified atom stereocenters. The van der Waals surface area contributed by atoms with E-state index >= 15 is 0 Å². The third kappa shape index (κ3) is 10.7. The Bertz CT molecular complexity index is 56.9. The van der Waals surface area contributed by atoms with E-state index in [-0.39, 0.29) is 18.9 Å². The van der Waals surface area contributed by atoms with Gasteiger partial charge in [-0.05, 0) is 6.92 Å². The van der Waals surface area contributed by atoms with Crippen LogP contribution in [-0.4, -0.2) is 31.6 Å². The molecule has 37 valence electrons. The van der Waals surface area contributed by atoms with E-state index in [9.17, 15) is 4.79 Å². The zero-order chi connectivity index (χ0) is 4.99. The number of hydrogen-bond acceptors (Lipinski definition) is 2. The summed E-state index contributed by atoms with van der Waals surface area (Å²) in [5.74, 6) is 0. The Morgan fingerprint density at radius 1 is 1.86 bits per heavy atom. The van der Waals surface area contributed by atoms with Gasteiger partial charge in [-0.1, -0.05) is 0 Å². The van der Waals surface area contributed by atoms with E-state index in [4.69, 9.17) is 0 Å². The van der Waals surface area contributed by atoms with Gasteiger partial charge in [0.15, 0.2) is 0 Å². The number of primary amides is 1. The van der Waals surface area contributed by atoms with E-state index in [0.29, 0.717) is 6.61 Å². The zero-order valence-electron chi connectivity index (χ0n) is 4.60. The molecule has 0 saturated carbocycles. The first-order chi connectivity index (χ1) is 2.77. The molecule has 0 bridgehead atoms. The fourth-order valence-electron chi connectivity index (χ4n) is 0.142. The molecule has 3 nitrogen and oxygen atoms in total. The molecule has 4 heteroatoms. The van der Waals surface area contributed by atoms with Crippen LogP contribution in [0.1, 0.15) is 6.92 Å². The van der Waals surface area contributed by atoms with E-state index in [2.05, 4.69) is 10.5 Å². The van der Waals surface area contributed by atoms with Crippen molar-refractivity contribution in [2.75, 3.05) is 6.61 Å². The molecule has 0 aliphatic heterocycles. The minimum absolute atomic E-state index is 0. The Labute approximate surface area is 54.4 Å². The maximum Gasteiger partial charge on any atom is 0.404 e. The van der Waals surface area contributed by atoms with Crippen LogP contribution >= 0.6 is 0 Å². The summed E-state index contributed by atoms with van der Waals surface area (Å²) in [6, 6.07) is 0. The quantitative estimate of drug-likeness (QED) is 0.456. The summed E-state index contributed by atoms with van der Waals surface area (Å²) in [6.07, 6.45) is -0.711. The molecular formula is C3H7LiNO2. The van der Waals surface area contributed by atoms with Gasteiger partial charge in [-0.15, -0.1) is 0 Å². The summed E-state index contributed by atoms with van der Waals surface area (Å²) < 4.78 is 4.18. The molecule has 0 fully saturated rings. The molecule has 0 aromatic heterocycles. The van der Waals surface area contributed by atoms with Crippen LogP contribution in [-0.2, 0) is 4.74 Å². The van der Waals surface area contributed by atoms with Crippen molar-refractivity contribution >= 4 is 25.0 Å². The molecule has 1 radical (unpaired) electrons. The zero-order valence-corrected chi connectivity index (χ0v) is 4.60. The van der Waals surface area contributed by atoms with Gasteiger partial charge < -0.3 is 10.5 Å². The standard InChI is InChI=1S/C3H7NO2.Li/c1-2-6-3(4)5;/h2H2,1H3,(H2,4,5);. The second-order valence-corrected chi connectivity index (χ2v) is 0.752. The Morgan fingerprint density at radius 2 is 2.29 bits per heavy atom. The van der Waals surface area contributed by atoms with Gasteiger partial charge in [-0.25, -0.2) is 4.79 Å². The average molecular weight is 96.0 g/mol. The summed E-state index contributed by atoms with van der Waals surface area (Å²) in [6.45, 7) is 2.06. The number of ether oxygens (including phenoxy) is 1. The third-order valence-electron chi connectivity index (χ3n) is 0.287. The van der Waals surface area contributed by atoms with Gasteiger partial charge in [-0.3, -0.25) is 0 Å². The molecule has 0 heterocycles. The maximum atomic E-state index is 9.60. The van der Waals surface area contributed by atoms with Crippen LogP contribution in [0.5, 0.6) is 0 Å². The van der Waals surface area contributed by atoms with Crippen molar-refractivity contribution in [3.05, 3.63) is 0 Å². The molecule has 7 heavy (non-hydrogen) atoms. The summed E-state index contributed by atoms with van der Waals surface area (Å²) in [5.41, 5.74) is 4.54. The molecule has 0 aromatic carbocycles. The Kier molecular flexibility index (Phi) is 8.36. The van der Waals surface area contributed by atoms with Crippen molar-refractivity contribution in [2.24, 2.45) is 5.73 Å². The number of hydrogen-bond donors (Lipinski definition) is 1. The van der Waals surface area contributed by atoms with Gasteiger partial charge in [0, 0.05) is 18.9 Å². The molecule has 0 aromatic rings. The molecule has 0 aliphatic rings. The van der Waals surface area contributed by atoms with Crippen molar-refractivity contribution < 1.29 is 9.53 Å². The molecule has 0 spiro atoms. The third-order valence-corrected chi connectivity index (χ3v) is 0.287. The number of carbonyl (C=O) groups is 1. The molecule has 2 N–H and O–H groups in total. The van der Waals surface area contributed by atoms with E-state index in [1.165, 1.54) is 0 Å². The van der Waals surface area contributed by atoms with Crippen LogP contribution in [0.3, 0.4) is 0 Å². The van der Waals surface area contributed by atoms with Crippen molar-refractivity contribution in [3.8, 4) is 0 Å². The van der Waals surface area contributed by atoms with E-state index in [1.807, 2.05) is 0 Å². The van der Waals surface area contributed by atoms with Gasteiger partial charge in [0.2, 0.25) is 0 Å². The predicted octanol–water partition coefficient (Wildman–Crippen LogP) is -0.279. The topological polar surface area (TPSA) is 52.3 Å². The normalized spacial score (nSPS) is 6.43. The summed E-state index contributed by atoms with van der Waals surface area (Å²) in [7, 11) is 0. The maximum absolute atomic E-state index is 9.60.